The Morgan fingerprint density at radius 2 is 1.93 bits per heavy atom. The van der Waals surface area contributed by atoms with Crippen LogP contribution in [0.1, 0.15) is 19.8 Å². The molecular formula is C20H19Cl2N3O2S. The van der Waals surface area contributed by atoms with Crippen molar-refractivity contribution in [1.29, 1.82) is 0 Å². The predicted molar refractivity (Wildman–Crippen MR) is 114 cm³/mol. The fourth-order valence-electron chi connectivity index (χ4n) is 3.56. The molecule has 1 aromatic carbocycles. The Morgan fingerprint density at radius 1 is 1.21 bits per heavy atom. The summed E-state index contributed by atoms with van der Waals surface area (Å²) in [5, 5.41) is 4.00. The van der Waals surface area contributed by atoms with E-state index in [0.29, 0.717) is 11.6 Å². The zero-order valence-corrected chi connectivity index (χ0v) is 17.7. The Balaban J connectivity index is 1.68. The number of halogens is 2. The van der Waals surface area contributed by atoms with Crippen LogP contribution in [0, 0.1) is 5.92 Å². The summed E-state index contributed by atoms with van der Waals surface area (Å²) in [7, 11) is 0. The Kier molecular flexibility index (Phi) is 5.71. The number of fused-ring (bicyclic) bond motifs is 1. The van der Waals surface area contributed by atoms with Gasteiger partial charge in [0, 0.05) is 29.1 Å². The maximum absolute atomic E-state index is 12.0. The molecular weight excluding hydrogens is 417 g/mol. The number of thiophene rings is 1. The third-order valence-electron chi connectivity index (χ3n) is 4.96. The summed E-state index contributed by atoms with van der Waals surface area (Å²) in [6.45, 7) is 3.70. The molecule has 1 fully saturated rings. The number of esters is 1. The molecule has 0 radical (unpaired) electrons. The van der Waals surface area contributed by atoms with Gasteiger partial charge >= 0.3 is 5.97 Å². The minimum Gasteiger partial charge on any atom is -0.466 e. The van der Waals surface area contributed by atoms with Crippen molar-refractivity contribution in [2.75, 3.05) is 24.6 Å². The number of anilines is 1. The molecule has 0 N–H and O–H groups in total. The molecule has 3 heterocycles. The van der Waals surface area contributed by atoms with Crippen LogP contribution in [0.3, 0.4) is 0 Å². The van der Waals surface area contributed by atoms with Gasteiger partial charge in [-0.05, 0) is 49.1 Å². The quantitative estimate of drug-likeness (QED) is 0.403. The van der Waals surface area contributed by atoms with E-state index in [-0.39, 0.29) is 17.2 Å². The number of hydrogen-bond donors (Lipinski definition) is 0. The second kappa shape index (κ2) is 8.23. The molecule has 1 saturated heterocycles. The summed E-state index contributed by atoms with van der Waals surface area (Å²) in [5.41, 5.74) is 2.13. The SMILES string of the molecule is CCOC(=O)C1CCN(c2nc(Cl)nc3scc(-c4ccc(Cl)cc4)c23)CC1. The van der Waals surface area contributed by atoms with Gasteiger partial charge in [-0.15, -0.1) is 11.3 Å². The smallest absolute Gasteiger partial charge is 0.309 e. The first-order valence-electron chi connectivity index (χ1n) is 9.19. The molecule has 3 aromatic rings. The largest absolute Gasteiger partial charge is 0.466 e. The number of carbonyl (C=O) groups is 1. The number of nitrogens with zero attached hydrogens (tertiary/aromatic N) is 3. The third-order valence-corrected chi connectivity index (χ3v) is 6.25. The van der Waals surface area contributed by atoms with Crippen molar-refractivity contribution in [2.45, 2.75) is 19.8 Å². The summed E-state index contributed by atoms with van der Waals surface area (Å²) in [4.78, 5) is 24.0. The molecule has 0 saturated carbocycles. The van der Waals surface area contributed by atoms with Crippen LogP contribution in [0.2, 0.25) is 10.3 Å². The van der Waals surface area contributed by atoms with Crippen LogP contribution >= 0.6 is 34.5 Å². The lowest BCUT2D eigenvalue weighted by atomic mass is 9.96. The lowest BCUT2D eigenvalue weighted by Gasteiger charge is -2.32. The van der Waals surface area contributed by atoms with Crippen molar-refractivity contribution in [3.05, 3.63) is 40.0 Å². The van der Waals surface area contributed by atoms with Gasteiger partial charge in [0.25, 0.3) is 0 Å². The van der Waals surface area contributed by atoms with E-state index in [9.17, 15) is 4.79 Å². The van der Waals surface area contributed by atoms with Crippen LogP contribution in [0.15, 0.2) is 29.6 Å². The van der Waals surface area contributed by atoms with Gasteiger partial charge < -0.3 is 9.64 Å². The van der Waals surface area contributed by atoms with Gasteiger partial charge in [0.1, 0.15) is 10.6 Å². The second-order valence-corrected chi connectivity index (χ2v) is 8.30. The number of ether oxygens (including phenoxy) is 1. The van der Waals surface area contributed by atoms with Crippen LogP contribution in [0.25, 0.3) is 21.3 Å². The van der Waals surface area contributed by atoms with Gasteiger partial charge in [-0.1, -0.05) is 23.7 Å². The maximum atomic E-state index is 12.0. The summed E-state index contributed by atoms with van der Waals surface area (Å²) >= 11 is 13.8. The second-order valence-electron chi connectivity index (χ2n) is 6.67. The minimum atomic E-state index is -0.106. The molecule has 0 aliphatic carbocycles. The van der Waals surface area contributed by atoms with Gasteiger partial charge in [-0.25, -0.2) is 4.98 Å². The molecule has 1 aliphatic rings. The van der Waals surface area contributed by atoms with Crippen LogP contribution in [0.4, 0.5) is 5.82 Å². The molecule has 4 rings (SSSR count). The van der Waals surface area contributed by atoms with Crippen LogP contribution in [-0.4, -0.2) is 35.6 Å². The number of hydrogen-bond acceptors (Lipinski definition) is 6. The van der Waals surface area contributed by atoms with E-state index < -0.39 is 0 Å². The molecule has 1 aliphatic heterocycles. The number of benzene rings is 1. The Hall–Kier alpha value is -1.89. The summed E-state index contributed by atoms with van der Waals surface area (Å²) in [6, 6.07) is 7.74. The molecule has 2 aromatic heterocycles. The van der Waals surface area contributed by atoms with E-state index in [1.54, 1.807) is 11.3 Å². The standard InChI is InChI=1S/C20H19Cl2N3O2S/c1-2-27-19(26)13-7-9-25(10-8-13)17-16-15(12-3-5-14(21)6-4-12)11-28-18(16)24-20(22)23-17/h3-6,11,13H,2,7-10H2,1H3. The molecule has 0 amide bonds. The average Bonchev–Trinajstić information content (AvgIpc) is 3.12. The van der Waals surface area contributed by atoms with Gasteiger partial charge in [-0.3, -0.25) is 4.79 Å². The average molecular weight is 436 g/mol. The fourth-order valence-corrected chi connectivity index (χ4v) is 4.84. The summed E-state index contributed by atoms with van der Waals surface area (Å²) in [6.07, 6.45) is 1.48. The highest BCUT2D eigenvalue weighted by Gasteiger charge is 2.28. The topological polar surface area (TPSA) is 55.3 Å². The molecule has 146 valence electrons. The third kappa shape index (κ3) is 3.81. The summed E-state index contributed by atoms with van der Waals surface area (Å²) < 4.78 is 5.17. The highest BCUT2D eigenvalue weighted by atomic mass is 35.5. The molecule has 0 spiro atoms. The van der Waals surface area contributed by atoms with Crippen molar-refractivity contribution in [1.82, 2.24) is 9.97 Å². The van der Waals surface area contributed by atoms with E-state index in [0.717, 1.165) is 53.1 Å². The monoisotopic (exact) mass is 435 g/mol. The maximum Gasteiger partial charge on any atom is 0.309 e. The van der Waals surface area contributed by atoms with Gasteiger partial charge in [-0.2, -0.15) is 4.98 Å². The lowest BCUT2D eigenvalue weighted by Crippen LogP contribution is -2.37. The van der Waals surface area contributed by atoms with Crippen molar-refractivity contribution >= 4 is 56.5 Å². The van der Waals surface area contributed by atoms with E-state index in [2.05, 4.69) is 20.2 Å². The number of rotatable bonds is 4. The highest BCUT2D eigenvalue weighted by Crippen LogP contribution is 2.40. The van der Waals surface area contributed by atoms with E-state index in [4.69, 9.17) is 27.9 Å². The number of carbonyl (C=O) groups excluding carboxylic acids is 1. The molecule has 28 heavy (non-hydrogen) atoms. The zero-order valence-electron chi connectivity index (χ0n) is 15.3. The fraction of sp³-hybridized carbons (Fsp3) is 0.350. The molecule has 0 atom stereocenters. The van der Waals surface area contributed by atoms with Crippen molar-refractivity contribution in [3.63, 3.8) is 0 Å². The number of aromatic nitrogens is 2. The Labute approximate surface area is 177 Å². The molecule has 8 heteroatoms. The van der Waals surface area contributed by atoms with E-state index >= 15 is 0 Å². The first-order valence-corrected chi connectivity index (χ1v) is 10.8. The van der Waals surface area contributed by atoms with Gasteiger partial charge in [0.05, 0.1) is 17.9 Å². The van der Waals surface area contributed by atoms with Crippen molar-refractivity contribution in [3.8, 4) is 11.1 Å². The Bertz CT molecular complexity index is 999. The van der Waals surface area contributed by atoms with Gasteiger partial charge in [0.15, 0.2) is 0 Å². The van der Waals surface area contributed by atoms with Gasteiger partial charge in [0.2, 0.25) is 5.28 Å². The van der Waals surface area contributed by atoms with Crippen LogP contribution in [-0.2, 0) is 9.53 Å². The predicted octanol–water partition coefficient (Wildman–Crippen LogP) is 5.44. The Morgan fingerprint density at radius 3 is 2.61 bits per heavy atom. The van der Waals surface area contributed by atoms with Crippen molar-refractivity contribution < 1.29 is 9.53 Å². The minimum absolute atomic E-state index is 0.0535. The normalized spacial score (nSPS) is 15.2. The molecule has 0 unspecified atom stereocenters. The summed E-state index contributed by atoms with van der Waals surface area (Å²) in [5.74, 6) is 0.663. The van der Waals surface area contributed by atoms with Crippen LogP contribution in [0.5, 0.6) is 0 Å². The van der Waals surface area contributed by atoms with Crippen molar-refractivity contribution in [2.24, 2.45) is 5.92 Å². The number of piperidine rings is 1. The van der Waals surface area contributed by atoms with E-state index in [1.807, 2.05) is 31.2 Å². The zero-order chi connectivity index (χ0) is 19.7. The highest BCUT2D eigenvalue weighted by molar-refractivity contribution is 7.17. The molecule has 0 bridgehead atoms. The lowest BCUT2D eigenvalue weighted by molar-refractivity contribution is -0.148. The van der Waals surface area contributed by atoms with Crippen LogP contribution < -0.4 is 4.90 Å². The van der Waals surface area contributed by atoms with E-state index in [1.165, 1.54) is 0 Å². The first kappa shape index (κ1) is 19.4. The molecule has 5 nitrogen and oxygen atoms in total. The first-order chi connectivity index (χ1) is 13.6.